The molecule has 150 valence electrons. The summed E-state index contributed by atoms with van der Waals surface area (Å²) in [5, 5.41) is 0. The van der Waals surface area contributed by atoms with Gasteiger partial charge in [0.1, 0.15) is 0 Å². The minimum absolute atomic E-state index is 0.0817. The van der Waals surface area contributed by atoms with Crippen LogP contribution in [0.25, 0.3) is 0 Å². The first-order chi connectivity index (χ1) is 13.5. The van der Waals surface area contributed by atoms with Gasteiger partial charge in [-0.25, -0.2) is 17.9 Å². The number of piperidine rings is 1. The molecule has 0 saturated carbocycles. The van der Waals surface area contributed by atoms with E-state index in [0.29, 0.717) is 5.56 Å². The molecular weight excluding hydrogens is 376 g/mol. The summed E-state index contributed by atoms with van der Waals surface area (Å²) in [7, 11) is -3.61. The Labute approximate surface area is 166 Å². The molecule has 1 aliphatic rings. The highest BCUT2D eigenvalue weighted by Crippen LogP contribution is 2.17. The van der Waals surface area contributed by atoms with Crippen molar-refractivity contribution in [2.24, 2.45) is 0 Å². The van der Waals surface area contributed by atoms with Gasteiger partial charge in [0.05, 0.1) is 17.1 Å². The first-order valence-corrected chi connectivity index (χ1v) is 11.0. The number of benzene rings is 2. The number of rotatable bonds is 7. The van der Waals surface area contributed by atoms with Gasteiger partial charge >= 0.3 is 5.97 Å². The molecule has 0 bridgehead atoms. The molecule has 0 unspecified atom stereocenters. The Balaban J connectivity index is 1.54. The monoisotopic (exact) mass is 402 g/mol. The molecule has 1 N–H and O–H groups in total. The summed E-state index contributed by atoms with van der Waals surface area (Å²) in [5.74, 6) is -0.454. The van der Waals surface area contributed by atoms with E-state index in [-0.39, 0.29) is 17.5 Å². The van der Waals surface area contributed by atoms with Crippen molar-refractivity contribution in [3.8, 4) is 0 Å². The standard InChI is InChI=1S/C21H26N2O4S/c1-2-27-21(24)18-8-10-20(11-9-18)28(25,26)22-19-12-14-23(15-13-19)16-17-6-4-3-5-7-17/h3-11,19,22H,2,12-16H2,1H3. The van der Waals surface area contributed by atoms with Gasteiger partial charge in [0.15, 0.2) is 0 Å². The Kier molecular flexibility index (Phi) is 6.83. The van der Waals surface area contributed by atoms with Crippen LogP contribution >= 0.6 is 0 Å². The van der Waals surface area contributed by atoms with Crippen molar-refractivity contribution in [1.82, 2.24) is 9.62 Å². The van der Waals surface area contributed by atoms with Crippen molar-refractivity contribution in [3.05, 3.63) is 65.7 Å². The third-order valence-electron chi connectivity index (χ3n) is 4.83. The van der Waals surface area contributed by atoms with Gasteiger partial charge in [-0.15, -0.1) is 0 Å². The highest BCUT2D eigenvalue weighted by atomic mass is 32.2. The molecule has 0 atom stereocenters. The summed E-state index contributed by atoms with van der Waals surface area (Å²) in [6, 6.07) is 16.0. The molecular formula is C21H26N2O4S. The quantitative estimate of drug-likeness (QED) is 0.721. The van der Waals surface area contributed by atoms with Crippen LogP contribution in [0, 0.1) is 0 Å². The molecule has 0 spiro atoms. The van der Waals surface area contributed by atoms with Crippen LogP contribution in [0.5, 0.6) is 0 Å². The number of likely N-dealkylation sites (tertiary alicyclic amines) is 1. The van der Waals surface area contributed by atoms with Gasteiger partial charge in [0.2, 0.25) is 10.0 Å². The van der Waals surface area contributed by atoms with E-state index in [1.54, 1.807) is 6.92 Å². The Morgan fingerprint density at radius 3 is 2.32 bits per heavy atom. The van der Waals surface area contributed by atoms with Crippen molar-refractivity contribution in [1.29, 1.82) is 0 Å². The molecule has 2 aromatic carbocycles. The van der Waals surface area contributed by atoms with Crippen LogP contribution < -0.4 is 4.72 Å². The zero-order chi connectivity index (χ0) is 20.0. The van der Waals surface area contributed by atoms with Crippen molar-refractivity contribution < 1.29 is 17.9 Å². The number of carbonyl (C=O) groups is 1. The predicted molar refractivity (Wildman–Crippen MR) is 107 cm³/mol. The molecule has 0 aliphatic carbocycles. The zero-order valence-corrected chi connectivity index (χ0v) is 16.8. The smallest absolute Gasteiger partial charge is 0.338 e. The van der Waals surface area contributed by atoms with E-state index in [4.69, 9.17) is 4.74 Å². The number of hydrogen-bond donors (Lipinski definition) is 1. The van der Waals surface area contributed by atoms with Crippen LogP contribution in [0.4, 0.5) is 0 Å². The van der Waals surface area contributed by atoms with Crippen molar-refractivity contribution >= 4 is 16.0 Å². The van der Waals surface area contributed by atoms with E-state index < -0.39 is 16.0 Å². The van der Waals surface area contributed by atoms with Gasteiger partial charge in [0.25, 0.3) is 0 Å². The number of esters is 1. The largest absolute Gasteiger partial charge is 0.462 e. The molecule has 1 heterocycles. The van der Waals surface area contributed by atoms with Gasteiger partial charge < -0.3 is 4.74 Å². The maximum absolute atomic E-state index is 12.6. The van der Waals surface area contributed by atoms with Crippen LogP contribution in [0.3, 0.4) is 0 Å². The molecule has 28 heavy (non-hydrogen) atoms. The van der Waals surface area contributed by atoms with Crippen LogP contribution in [0.15, 0.2) is 59.5 Å². The van der Waals surface area contributed by atoms with E-state index in [9.17, 15) is 13.2 Å². The highest BCUT2D eigenvalue weighted by molar-refractivity contribution is 7.89. The van der Waals surface area contributed by atoms with Crippen LogP contribution in [-0.2, 0) is 21.3 Å². The van der Waals surface area contributed by atoms with Gasteiger partial charge in [-0.3, -0.25) is 4.90 Å². The molecule has 0 radical (unpaired) electrons. The van der Waals surface area contributed by atoms with E-state index in [0.717, 1.165) is 32.5 Å². The van der Waals surface area contributed by atoms with Crippen LogP contribution in [0.1, 0.15) is 35.7 Å². The molecule has 6 nitrogen and oxygen atoms in total. The van der Waals surface area contributed by atoms with Gasteiger partial charge in [0, 0.05) is 25.7 Å². The van der Waals surface area contributed by atoms with Gasteiger partial charge in [-0.05, 0) is 49.6 Å². The zero-order valence-electron chi connectivity index (χ0n) is 16.0. The predicted octanol–water partition coefficient (Wildman–Crippen LogP) is 2.81. The Morgan fingerprint density at radius 1 is 1.07 bits per heavy atom. The number of sulfonamides is 1. The normalized spacial score (nSPS) is 16.0. The molecule has 2 aromatic rings. The van der Waals surface area contributed by atoms with E-state index in [1.807, 2.05) is 18.2 Å². The molecule has 0 amide bonds. The maximum Gasteiger partial charge on any atom is 0.338 e. The Bertz CT molecular complexity index is 874. The minimum Gasteiger partial charge on any atom is -0.462 e. The van der Waals surface area contributed by atoms with Crippen molar-refractivity contribution in [3.63, 3.8) is 0 Å². The summed E-state index contributed by atoms with van der Waals surface area (Å²) in [4.78, 5) is 14.2. The first-order valence-electron chi connectivity index (χ1n) is 9.54. The number of carbonyl (C=O) groups excluding carboxylic acids is 1. The number of nitrogens with one attached hydrogen (secondary N) is 1. The average molecular weight is 403 g/mol. The molecule has 1 fully saturated rings. The minimum atomic E-state index is -3.61. The number of nitrogens with zero attached hydrogens (tertiary/aromatic N) is 1. The van der Waals surface area contributed by atoms with E-state index in [1.165, 1.54) is 29.8 Å². The van der Waals surface area contributed by atoms with E-state index >= 15 is 0 Å². The SMILES string of the molecule is CCOC(=O)c1ccc(S(=O)(=O)NC2CCN(Cc3ccccc3)CC2)cc1. The fourth-order valence-electron chi connectivity index (χ4n) is 3.32. The van der Waals surface area contributed by atoms with E-state index in [2.05, 4.69) is 21.8 Å². The second-order valence-corrected chi connectivity index (χ2v) is 8.62. The molecule has 3 rings (SSSR count). The Hall–Kier alpha value is -2.22. The summed E-state index contributed by atoms with van der Waals surface area (Å²) >= 11 is 0. The van der Waals surface area contributed by atoms with Crippen molar-refractivity contribution in [2.75, 3.05) is 19.7 Å². The summed E-state index contributed by atoms with van der Waals surface area (Å²) < 4.78 is 33.0. The second kappa shape index (κ2) is 9.32. The third-order valence-corrected chi connectivity index (χ3v) is 6.37. The maximum atomic E-state index is 12.6. The lowest BCUT2D eigenvalue weighted by Gasteiger charge is -2.32. The fourth-order valence-corrected chi connectivity index (χ4v) is 4.63. The molecule has 7 heteroatoms. The molecule has 1 aliphatic heterocycles. The lowest BCUT2D eigenvalue weighted by molar-refractivity contribution is 0.0526. The topological polar surface area (TPSA) is 75.7 Å². The molecule has 1 saturated heterocycles. The van der Waals surface area contributed by atoms with Crippen molar-refractivity contribution in [2.45, 2.75) is 37.2 Å². The Morgan fingerprint density at radius 2 is 1.71 bits per heavy atom. The lowest BCUT2D eigenvalue weighted by Crippen LogP contribution is -2.44. The fraction of sp³-hybridized carbons (Fsp3) is 0.381. The first kappa shape index (κ1) is 20.5. The number of ether oxygens (including phenoxy) is 1. The van der Waals surface area contributed by atoms with Gasteiger partial charge in [-0.1, -0.05) is 30.3 Å². The average Bonchev–Trinajstić information content (AvgIpc) is 2.70. The van der Waals surface area contributed by atoms with Crippen LogP contribution in [0.2, 0.25) is 0 Å². The lowest BCUT2D eigenvalue weighted by atomic mass is 10.1. The third kappa shape index (κ3) is 5.41. The summed E-state index contributed by atoms with van der Waals surface area (Å²) in [5.41, 5.74) is 1.61. The van der Waals surface area contributed by atoms with Crippen LogP contribution in [-0.4, -0.2) is 45.0 Å². The number of hydrogen-bond acceptors (Lipinski definition) is 5. The highest BCUT2D eigenvalue weighted by Gasteiger charge is 2.25. The molecule has 0 aromatic heterocycles. The van der Waals surface area contributed by atoms with Gasteiger partial charge in [-0.2, -0.15) is 0 Å². The summed E-state index contributed by atoms with van der Waals surface area (Å²) in [6.45, 7) is 4.60. The summed E-state index contributed by atoms with van der Waals surface area (Å²) in [6.07, 6.45) is 1.54. The second-order valence-electron chi connectivity index (χ2n) is 6.90.